The quantitative estimate of drug-likeness (QED) is 0.791. The van der Waals surface area contributed by atoms with Gasteiger partial charge in [0.1, 0.15) is 0 Å². The van der Waals surface area contributed by atoms with Crippen molar-refractivity contribution in [3.8, 4) is 11.3 Å². The summed E-state index contributed by atoms with van der Waals surface area (Å²) in [6.07, 6.45) is 0. The molecule has 1 aromatic heterocycles. The van der Waals surface area contributed by atoms with Crippen molar-refractivity contribution in [3.05, 3.63) is 54.2 Å². The third-order valence-corrected chi connectivity index (χ3v) is 2.58. The van der Waals surface area contributed by atoms with Crippen LogP contribution in [0.15, 0.2) is 48.5 Å². The molecule has 18 heavy (non-hydrogen) atoms. The van der Waals surface area contributed by atoms with E-state index in [1.54, 1.807) is 0 Å². The maximum Gasteiger partial charge on any atom is 0.0888 e. The van der Waals surface area contributed by atoms with Gasteiger partial charge in [0.05, 0.1) is 18.0 Å². The minimum Gasteiger partial charge on any atom is -0.375 e. The van der Waals surface area contributed by atoms with E-state index in [0.29, 0.717) is 12.5 Å². The number of aromatic nitrogens is 1. The average Bonchev–Trinajstić information content (AvgIpc) is 2.40. The molecule has 0 aliphatic heterocycles. The van der Waals surface area contributed by atoms with Gasteiger partial charge < -0.3 is 4.74 Å². The van der Waals surface area contributed by atoms with Gasteiger partial charge in [0.2, 0.25) is 0 Å². The largest absolute Gasteiger partial charge is 0.375 e. The van der Waals surface area contributed by atoms with Crippen LogP contribution in [0.3, 0.4) is 0 Å². The second-order valence-corrected chi connectivity index (χ2v) is 4.79. The zero-order chi connectivity index (χ0) is 12.8. The predicted molar refractivity (Wildman–Crippen MR) is 74.2 cm³/mol. The lowest BCUT2D eigenvalue weighted by molar-refractivity contribution is 0.0949. The van der Waals surface area contributed by atoms with E-state index >= 15 is 0 Å². The normalized spacial score (nSPS) is 10.8. The molecule has 0 spiro atoms. The van der Waals surface area contributed by atoms with E-state index in [1.165, 1.54) is 0 Å². The molecule has 1 aromatic carbocycles. The highest BCUT2D eigenvalue weighted by Gasteiger charge is 2.01. The Labute approximate surface area is 109 Å². The number of nitrogens with zero attached hydrogens (tertiary/aromatic N) is 1. The third kappa shape index (κ3) is 3.67. The Bertz CT molecular complexity index is 479. The Hall–Kier alpha value is -1.67. The highest BCUT2D eigenvalue weighted by atomic mass is 16.5. The summed E-state index contributed by atoms with van der Waals surface area (Å²) in [5.41, 5.74) is 3.13. The van der Waals surface area contributed by atoms with Crippen molar-refractivity contribution in [2.24, 2.45) is 5.92 Å². The van der Waals surface area contributed by atoms with Gasteiger partial charge in [-0.15, -0.1) is 0 Å². The summed E-state index contributed by atoms with van der Waals surface area (Å²) >= 11 is 0. The van der Waals surface area contributed by atoms with Gasteiger partial charge in [-0.05, 0) is 18.1 Å². The van der Waals surface area contributed by atoms with E-state index in [9.17, 15) is 0 Å². The Morgan fingerprint density at radius 2 is 1.78 bits per heavy atom. The Morgan fingerprint density at radius 3 is 2.50 bits per heavy atom. The van der Waals surface area contributed by atoms with Gasteiger partial charge in [-0.25, -0.2) is 0 Å². The molecule has 2 rings (SSSR count). The van der Waals surface area contributed by atoms with Crippen LogP contribution in [-0.4, -0.2) is 11.6 Å². The van der Waals surface area contributed by atoms with Gasteiger partial charge >= 0.3 is 0 Å². The smallest absolute Gasteiger partial charge is 0.0888 e. The summed E-state index contributed by atoms with van der Waals surface area (Å²) < 4.78 is 5.61. The van der Waals surface area contributed by atoms with Crippen LogP contribution in [0.5, 0.6) is 0 Å². The van der Waals surface area contributed by atoms with Gasteiger partial charge in [-0.1, -0.05) is 50.2 Å². The Kier molecular flexibility index (Phi) is 4.48. The second kappa shape index (κ2) is 6.31. The van der Waals surface area contributed by atoms with Crippen LogP contribution in [0.4, 0.5) is 0 Å². The fourth-order valence-corrected chi connectivity index (χ4v) is 1.73. The molecule has 94 valence electrons. The summed E-state index contributed by atoms with van der Waals surface area (Å²) in [5, 5.41) is 0. The van der Waals surface area contributed by atoms with Crippen LogP contribution in [0.2, 0.25) is 0 Å². The Balaban J connectivity index is 2.06. The van der Waals surface area contributed by atoms with E-state index in [0.717, 1.165) is 23.6 Å². The number of hydrogen-bond acceptors (Lipinski definition) is 2. The molecule has 0 unspecified atom stereocenters. The number of hydrogen-bond donors (Lipinski definition) is 0. The summed E-state index contributed by atoms with van der Waals surface area (Å²) in [6, 6.07) is 16.3. The van der Waals surface area contributed by atoms with E-state index in [2.05, 4.69) is 31.0 Å². The number of ether oxygens (including phenoxy) is 1. The monoisotopic (exact) mass is 241 g/mol. The molecular formula is C16H19NO. The van der Waals surface area contributed by atoms with Crippen molar-refractivity contribution >= 4 is 0 Å². The number of benzene rings is 1. The summed E-state index contributed by atoms with van der Waals surface area (Å²) in [6.45, 7) is 5.65. The van der Waals surface area contributed by atoms with Crippen molar-refractivity contribution in [1.29, 1.82) is 0 Å². The molecule has 0 bridgehead atoms. The minimum absolute atomic E-state index is 0.558. The first-order chi connectivity index (χ1) is 8.75. The molecule has 0 atom stereocenters. The molecule has 0 saturated carbocycles. The van der Waals surface area contributed by atoms with Crippen molar-refractivity contribution in [1.82, 2.24) is 4.98 Å². The third-order valence-electron chi connectivity index (χ3n) is 2.58. The summed E-state index contributed by atoms with van der Waals surface area (Å²) in [4.78, 5) is 4.61. The van der Waals surface area contributed by atoms with Crippen molar-refractivity contribution < 1.29 is 4.74 Å². The summed E-state index contributed by atoms with van der Waals surface area (Å²) in [5.74, 6) is 0.558. The average molecular weight is 241 g/mol. The topological polar surface area (TPSA) is 22.1 Å². The van der Waals surface area contributed by atoms with E-state index in [1.807, 2.05) is 36.4 Å². The lowest BCUT2D eigenvalue weighted by Crippen LogP contribution is -2.03. The summed E-state index contributed by atoms with van der Waals surface area (Å²) in [7, 11) is 0. The first-order valence-electron chi connectivity index (χ1n) is 6.35. The molecule has 0 amide bonds. The van der Waals surface area contributed by atoms with Crippen molar-refractivity contribution in [2.45, 2.75) is 20.5 Å². The molecule has 1 heterocycles. The van der Waals surface area contributed by atoms with E-state index in [-0.39, 0.29) is 0 Å². The van der Waals surface area contributed by atoms with Crippen LogP contribution in [-0.2, 0) is 11.3 Å². The van der Waals surface area contributed by atoms with E-state index in [4.69, 9.17) is 4.74 Å². The molecule has 0 saturated heterocycles. The maximum absolute atomic E-state index is 5.61. The van der Waals surface area contributed by atoms with Crippen LogP contribution >= 0.6 is 0 Å². The van der Waals surface area contributed by atoms with Gasteiger partial charge in [-0.3, -0.25) is 4.98 Å². The zero-order valence-corrected chi connectivity index (χ0v) is 11.0. The van der Waals surface area contributed by atoms with Crippen molar-refractivity contribution in [3.63, 3.8) is 0 Å². The van der Waals surface area contributed by atoms with Gasteiger partial charge in [-0.2, -0.15) is 0 Å². The van der Waals surface area contributed by atoms with Gasteiger partial charge in [0, 0.05) is 12.2 Å². The molecular weight excluding hydrogens is 222 g/mol. The lowest BCUT2D eigenvalue weighted by atomic mass is 10.1. The highest BCUT2D eigenvalue weighted by Crippen LogP contribution is 2.16. The molecule has 0 aliphatic rings. The first-order valence-corrected chi connectivity index (χ1v) is 6.35. The van der Waals surface area contributed by atoms with Gasteiger partial charge in [0.25, 0.3) is 0 Å². The lowest BCUT2D eigenvalue weighted by Gasteiger charge is -2.07. The molecule has 0 radical (unpaired) electrons. The van der Waals surface area contributed by atoms with Crippen LogP contribution in [0.1, 0.15) is 19.5 Å². The van der Waals surface area contributed by atoms with Crippen LogP contribution < -0.4 is 0 Å². The molecule has 0 N–H and O–H groups in total. The van der Waals surface area contributed by atoms with E-state index < -0.39 is 0 Å². The predicted octanol–water partition coefficient (Wildman–Crippen LogP) is 3.92. The Morgan fingerprint density at radius 1 is 1.00 bits per heavy atom. The maximum atomic E-state index is 5.61. The van der Waals surface area contributed by atoms with Crippen LogP contribution in [0.25, 0.3) is 11.3 Å². The molecule has 2 nitrogen and oxygen atoms in total. The minimum atomic E-state index is 0.558. The van der Waals surface area contributed by atoms with Crippen LogP contribution in [0, 0.1) is 5.92 Å². The number of rotatable bonds is 5. The van der Waals surface area contributed by atoms with Gasteiger partial charge in [0.15, 0.2) is 0 Å². The highest BCUT2D eigenvalue weighted by molar-refractivity contribution is 5.58. The molecule has 0 fully saturated rings. The molecule has 2 heteroatoms. The molecule has 0 aliphatic carbocycles. The second-order valence-electron chi connectivity index (χ2n) is 4.79. The SMILES string of the molecule is CC(C)COCc1cccc(-c2ccccc2)n1. The number of pyridine rings is 1. The van der Waals surface area contributed by atoms with Crippen molar-refractivity contribution in [2.75, 3.05) is 6.61 Å². The zero-order valence-electron chi connectivity index (χ0n) is 11.0. The molecule has 2 aromatic rings. The fourth-order valence-electron chi connectivity index (χ4n) is 1.73. The standard InChI is InChI=1S/C16H19NO/c1-13(2)11-18-12-15-9-6-10-16(17-15)14-7-4-3-5-8-14/h3-10,13H,11-12H2,1-2H3. The first kappa shape index (κ1) is 12.8. The fraction of sp³-hybridized carbons (Fsp3) is 0.312.